The molecule has 0 aliphatic carbocycles. The SMILES string of the molecule is COc1cccc(NC(=O)N(Cc2nnc3n2CCCCC3)c2c(C)cccc2C)c1. The van der Waals surface area contributed by atoms with Crippen LogP contribution < -0.4 is 15.0 Å². The summed E-state index contributed by atoms with van der Waals surface area (Å²) in [6.07, 6.45) is 4.37. The van der Waals surface area contributed by atoms with E-state index in [4.69, 9.17) is 4.74 Å². The molecule has 2 heterocycles. The fourth-order valence-electron chi connectivity index (χ4n) is 4.18. The first kappa shape index (κ1) is 20.9. The number of carbonyl (C=O) groups excluding carboxylic acids is 1. The summed E-state index contributed by atoms with van der Waals surface area (Å²) in [6, 6.07) is 13.2. The minimum absolute atomic E-state index is 0.211. The molecule has 2 amide bonds. The number of methoxy groups -OCH3 is 1. The van der Waals surface area contributed by atoms with Crippen molar-refractivity contribution in [3.8, 4) is 5.75 Å². The van der Waals surface area contributed by atoms with E-state index < -0.39 is 0 Å². The number of benzene rings is 2. The summed E-state index contributed by atoms with van der Waals surface area (Å²) in [7, 11) is 1.61. The van der Waals surface area contributed by atoms with Crippen molar-refractivity contribution < 1.29 is 9.53 Å². The molecule has 2 aromatic carbocycles. The summed E-state index contributed by atoms with van der Waals surface area (Å²) in [5, 5.41) is 11.9. The lowest BCUT2D eigenvalue weighted by Gasteiger charge is -2.26. The number of urea groups is 1. The molecular formula is C24H29N5O2. The maximum Gasteiger partial charge on any atom is 0.326 e. The van der Waals surface area contributed by atoms with E-state index in [0.29, 0.717) is 18.0 Å². The van der Waals surface area contributed by atoms with Crippen LogP contribution in [0.4, 0.5) is 16.2 Å². The van der Waals surface area contributed by atoms with E-state index in [1.165, 1.54) is 6.42 Å². The number of fused-ring (bicyclic) bond motifs is 1. The van der Waals surface area contributed by atoms with Crippen molar-refractivity contribution in [1.29, 1.82) is 0 Å². The van der Waals surface area contributed by atoms with Gasteiger partial charge in [0.2, 0.25) is 0 Å². The molecule has 0 spiro atoms. The van der Waals surface area contributed by atoms with Crippen molar-refractivity contribution in [1.82, 2.24) is 14.8 Å². The first-order chi connectivity index (χ1) is 15.1. The Morgan fingerprint density at radius 2 is 1.87 bits per heavy atom. The van der Waals surface area contributed by atoms with E-state index in [2.05, 4.69) is 20.1 Å². The first-order valence-electron chi connectivity index (χ1n) is 10.8. The van der Waals surface area contributed by atoms with Crippen molar-refractivity contribution in [3.05, 3.63) is 65.2 Å². The molecule has 0 fully saturated rings. The molecule has 4 rings (SSSR count). The first-order valence-corrected chi connectivity index (χ1v) is 10.8. The fourth-order valence-corrected chi connectivity index (χ4v) is 4.18. The van der Waals surface area contributed by atoms with Gasteiger partial charge in [0.05, 0.1) is 19.3 Å². The van der Waals surface area contributed by atoms with Gasteiger partial charge in [-0.15, -0.1) is 10.2 Å². The Labute approximate surface area is 183 Å². The van der Waals surface area contributed by atoms with E-state index in [1.54, 1.807) is 12.0 Å². The van der Waals surface area contributed by atoms with E-state index in [1.807, 2.05) is 56.3 Å². The van der Waals surface area contributed by atoms with E-state index >= 15 is 0 Å². The lowest BCUT2D eigenvalue weighted by Crippen LogP contribution is -2.36. The zero-order valence-corrected chi connectivity index (χ0v) is 18.4. The van der Waals surface area contributed by atoms with Gasteiger partial charge in [0.25, 0.3) is 0 Å². The number of hydrogen-bond acceptors (Lipinski definition) is 4. The third-order valence-electron chi connectivity index (χ3n) is 5.76. The van der Waals surface area contributed by atoms with Crippen LogP contribution in [0.3, 0.4) is 0 Å². The minimum atomic E-state index is -0.211. The number of para-hydroxylation sites is 1. The highest BCUT2D eigenvalue weighted by molar-refractivity contribution is 6.02. The molecule has 1 aromatic heterocycles. The smallest absolute Gasteiger partial charge is 0.326 e. The van der Waals surface area contributed by atoms with Crippen LogP contribution in [0.5, 0.6) is 5.75 Å². The Morgan fingerprint density at radius 3 is 2.65 bits per heavy atom. The second kappa shape index (κ2) is 9.20. The Morgan fingerprint density at radius 1 is 1.10 bits per heavy atom. The van der Waals surface area contributed by atoms with Crippen LogP contribution in [0.15, 0.2) is 42.5 Å². The lowest BCUT2D eigenvalue weighted by atomic mass is 10.1. The average molecular weight is 420 g/mol. The number of ether oxygens (including phenoxy) is 1. The topological polar surface area (TPSA) is 72.3 Å². The monoisotopic (exact) mass is 419 g/mol. The van der Waals surface area contributed by atoms with Gasteiger partial charge in [0.1, 0.15) is 11.6 Å². The molecule has 0 bridgehead atoms. The molecule has 0 atom stereocenters. The van der Waals surface area contributed by atoms with Crippen molar-refractivity contribution in [2.75, 3.05) is 17.3 Å². The fraction of sp³-hybridized carbons (Fsp3) is 0.375. The van der Waals surface area contributed by atoms with Crippen LogP contribution in [-0.4, -0.2) is 27.9 Å². The summed E-state index contributed by atoms with van der Waals surface area (Å²) in [4.78, 5) is 15.3. The van der Waals surface area contributed by atoms with Gasteiger partial charge in [-0.2, -0.15) is 0 Å². The summed E-state index contributed by atoms with van der Waals surface area (Å²) >= 11 is 0. The molecule has 7 heteroatoms. The molecule has 1 N–H and O–H groups in total. The number of carbonyl (C=O) groups is 1. The van der Waals surface area contributed by atoms with E-state index in [0.717, 1.165) is 54.3 Å². The molecule has 7 nitrogen and oxygen atoms in total. The predicted octanol–water partition coefficient (Wildman–Crippen LogP) is 4.87. The third-order valence-corrected chi connectivity index (χ3v) is 5.76. The van der Waals surface area contributed by atoms with Gasteiger partial charge in [-0.1, -0.05) is 30.7 Å². The molecule has 1 aliphatic heterocycles. The second-order valence-corrected chi connectivity index (χ2v) is 7.98. The summed E-state index contributed by atoms with van der Waals surface area (Å²) in [5.41, 5.74) is 3.65. The molecule has 1 aliphatic rings. The largest absolute Gasteiger partial charge is 0.497 e. The van der Waals surface area contributed by atoms with Gasteiger partial charge < -0.3 is 14.6 Å². The average Bonchev–Trinajstić information content (AvgIpc) is 2.98. The Bertz CT molecular complexity index is 1060. The van der Waals surface area contributed by atoms with Crippen LogP contribution in [-0.2, 0) is 19.5 Å². The standard InChI is InChI=1S/C24H29N5O2/c1-17-9-7-10-18(2)23(17)29(24(30)25-19-11-8-12-20(15-19)31-3)16-22-27-26-21-13-5-4-6-14-28(21)22/h7-12,15H,4-6,13-14,16H2,1-3H3,(H,25,30). The van der Waals surface area contributed by atoms with Crippen LogP contribution >= 0.6 is 0 Å². The summed E-state index contributed by atoms with van der Waals surface area (Å²) in [6.45, 7) is 5.31. The van der Waals surface area contributed by atoms with Gasteiger partial charge in [0.15, 0.2) is 5.82 Å². The van der Waals surface area contributed by atoms with Gasteiger partial charge >= 0.3 is 6.03 Å². The minimum Gasteiger partial charge on any atom is -0.497 e. The number of nitrogens with zero attached hydrogens (tertiary/aromatic N) is 4. The highest BCUT2D eigenvalue weighted by Crippen LogP contribution is 2.28. The van der Waals surface area contributed by atoms with Crippen LogP contribution in [0.2, 0.25) is 0 Å². The van der Waals surface area contributed by atoms with Crippen molar-refractivity contribution in [2.45, 2.75) is 52.6 Å². The number of anilines is 2. The van der Waals surface area contributed by atoms with Crippen LogP contribution in [0, 0.1) is 13.8 Å². The zero-order valence-electron chi connectivity index (χ0n) is 18.4. The van der Waals surface area contributed by atoms with Crippen molar-refractivity contribution in [2.24, 2.45) is 0 Å². The maximum atomic E-state index is 13.5. The molecular weight excluding hydrogens is 390 g/mol. The summed E-state index contributed by atoms with van der Waals surface area (Å²) < 4.78 is 7.48. The highest BCUT2D eigenvalue weighted by Gasteiger charge is 2.24. The van der Waals surface area contributed by atoms with Gasteiger partial charge in [-0.3, -0.25) is 4.90 Å². The van der Waals surface area contributed by atoms with Crippen molar-refractivity contribution in [3.63, 3.8) is 0 Å². The Balaban J connectivity index is 1.68. The van der Waals surface area contributed by atoms with Crippen LogP contribution in [0.1, 0.15) is 42.0 Å². The van der Waals surface area contributed by atoms with Crippen molar-refractivity contribution >= 4 is 17.4 Å². The third kappa shape index (κ3) is 4.55. The predicted molar refractivity (Wildman–Crippen MR) is 122 cm³/mol. The molecule has 3 aromatic rings. The Hall–Kier alpha value is -3.35. The number of amides is 2. The lowest BCUT2D eigenvalue weighted by molar-refractivity contribution is 0.256. The number of aryl methyl sites for hydroxylation is 3. The molecule has 0 saturated heterocycles. The van der Waals surface area contributed by atoms with E-state index in [-0.39, 0.29) is 6.03 Å². The maximum absolute atomic E-state index is 13.5. The molecule has 31 heavy (non-hydrogen) atoms. The second-order valence-electron chi connectivity index (χ2n) is 7.98. The number of rotatable bonds is 5. The number of nitrogens with one attached hydrogen (secondary N) is 1. The normalized spacial score (nSPS) is 13.3. The van der Waals surface area contributed by atoms with Gasteiger partial charge in [-0.05, 0) is 49.9 Å². The highest BCUT2D eigenvalue weighted by atomic mass is 16.5. The summed E-state index contributed by atoms with van der Waals surface area (Å²) in [5.74, 6) is 2.53. The Kier molecular flexibility index (Phi) is 6.21. The zero-order chi connectivity index (χ0) is 21.8. The van der Waals surface area contributed by atoms with Gasteiger partial charge in [-0.25, -0.2) is 4.79 Å². The molecule has 0 radical (unpaired) electrons. The van der Waals surface area contributed by atoms with Gasteiger partial charge in [0, 0.05) is 24.7 Å². The molecule has 0 saturated carbocycles. The van der Waals surface area contributed by atoms with E-state index in [9.17, 15) is 4.79 Å². The van der Waals surface area contributed by atoms with Crippen LogP contribution in [0.25, 0.3) is 0 Å². The molecule has 0 unspecified atom stereocenters. The number of hydrogen-bond donors (Lipinski definition) is 1. The number of aromatic nitrogens is 3. The molecule has 162 valence electrons. The quantitative estimate of drug-likeness (QED) is 0.640.